The lowest BCUT2D eigenvalue weighted by molar-refractivity contribution is -0.151. The van der Waals surface area contributed by atoms with Gasteiger partial charge in [0.25, 0.3) is 0 Å². The summed E-state index contributed by atoms with van der Waals surface area (Å²) in [6, 6.07) is 7.47. The number of nitrogen functional groups attached to an aromatic ring is 1. The molecular formula is C30H41F2N3O7S. The van der Waals surface area contributed by atoms with Crippen molar-refractivity contribution >= 4 is 21.8 Å². The molecule has 0 aromatic heterocycles. The van der Waals surface area contributed by atoms with E-state index in [4.69, 9.17) is 19.9 Å². The Morgan fingerprint density at radius 2 is 1.84 bits per heavy atom. The van der Waals surface area contributed by atoms with E-state index in [1.165, 1.54) is 24.3 Å². The number of nitrogens with two attached hydrogens (primary N) is 1. The Hall–Kier alpha value is -2.84. The van der Waals surface area contributed by atoms with Crippen molar-refractivity contribution in [3.63, 3.8) is 0 Å². The van der Waals surface area contributed by atoms with Crippen LogP contribution < -0.4 is 11.1 Å². The average Bonchev–Trinajstić information content (AvgIpc) is 3.35. The van der Waals surface area contributed by atoms with E-state index in [-0.39, 0.29) is 54.1 Å². The molecule has 2 aromatic rings. The molecule has 0 saturated carbocycles. The van der Waals surface area contributed by atoms with E-state index in [2.05, 4.69) is 5.32 Å². The molecule has 238 valence electrons. The number of ether oxygens (including phenoxy) is 3. The summed E-state index contributed by atoms with van der Waals surface area (Å²) in [5.74, 6) is -1.31. The quantitative estimate of drug-likeness (QED) is 0.287. The molecule has 2 fully saturated rings. The van der Waals surface area contributed by atoms with Gasteiger partial charge in [-0.25, -0.2) is 22.0 Å². The highest BCUT2D eigenvalue weighted by Crippen LogP contribution is 2.36. The fourth-order valence-corrected chi connectivity index (χ4v) is 7.23. The number of aliphatic hydroxyl groups is 1. The smallest absolute Gasteiger partial charge is 0.407 e. The highest BCUT2D eigenvalue weighted by Gasteiger charge is 2.39. The van der Waals surface area contributed by atoms with Crippen LogP contribution in [0, 0.1) is 29.4 Å². The molecule has 10 nitrogen and oxygen atoms in total. The lowest BCUT2D eigenvalue weighted by atomic mass is 9.87. The molecule has 4 N–H and O–H groups in total. The Morgan fingerprint density at radius 1 is 1.14 bits per heavy atom. The van der Waals surface area contributed by atoms with Crippen molar-refractivity contribution in [3.8, 4) is 0 Å². The van der Waals surface area contributed by atoms with Crippen LogP contribution in [0.1, 0.15) is 38.7 Å². The Kier molecular flexibility index (Phi) is 11.3. The van der Waals surface area contributed by atoms with Crippen LogP contribution in [0.15, 0.2) is 47.4 Å². The Bertz CT molecular complexity index is 1310. The molecule has 2 heterocycles. The van der Waals surface area contributed by atoms with Crippen molar-refractivity contribution < 1.29 is 41.3 Å². The van der Waals surface area contributed by atoms with Crippen LogP contribution in [0.25, 0.3) is 0 Å². The normalized spacial score (nSPS) is 21.9. The molecule has 2 aliphatic rings. The number of anilines is 1. The van der Waals surface area contributed by atoms with Crippen LogP contribution >= 0.6 is 0 Å². The van der Waals surface area contributed by atoms with Crippen LogP contribution in [-0.2, 0) is 30.7 Å². The third kappa shape index (κ3) is 9.08. The van der Waals surface area contributed by atoms with E-state index in [9.17, 15) is 27.1 Å². The van der Waals surface area contributed by atoms with Crippen molar-refractivity contribution in [2.75, 3.05) is 38.6 Å². The topological polar surface area (TPSA) is 140 Å². The van der Waals surface area contributed by atoms with Crippen molar-refractivity contribution in [2.24, 2.45) is 17.8 Å². The van der Waals surface area contributed by atoms with Crippen molar-refractivity contribution in [1.82, 2.24) is 9.62 Å². The summed E-state index contributed by atoms with van der Waals surface area (Å²) in [7, 11) is -4.06. The van der Waals surface area contributed by atoms with Gasteiger partial charge in [0.2, 0.25) is 10.0 Å². The van der Waals surface area contributed by atoms with E-state index in [0.29, 0.717) is 25.3 Å². The lowest BCUT2D eigenvalue weighted by Crippen LogP contribution is -2.51. The third-order valence-electron chi connectivity index (χ3n) is 7.74. The maximum Gasteiger partial charge on any atom is 0.407 e. The number of nitrogens with one attached hydrogen (secondary N) is 1. The van der Waals surface area contributed by atoms with Gasteiger partial charge in [0.15, 0.2) is 6.29 Å². The predicted octanol–water partition coefficient (Wildman–Crippen LogP) is 3.68. The van der Waals surface area contributed by atoms with Crippen LogP contribution in [0.4, 0.5) is 19.3 Å². The second-order valence-corrected chi connectivity index (χ2v) is 13.6. The van der Waals surface area contributed by atoms with Gasteiger partial charge in [0.05, 0.1) is 30.3 Å². The minimum Gasteiger partial charge on any atom is -0.450 e. The fourth-order valence-electron chi connectivity index (χ4n) is 5.61. The van der Waals surface area contributed by atoms with Gasteiger partial charge in [-0.1, -0.05) is 13.8 Å². The van der Waals surface area contributed by atoms with Gasteiger partial charge in [0.1, 0.15) is 11.6 Å². The number of alkyl carbamates (subject to hydrolysis) is 1. The van der Waals surface area contributed by atoms with Gasteiger partial charge in [0, 0.05) is 37.4 Å². The third-order valence-corrected chi connectivity index (χ3v) is 9.58. The number of fused-ring (bicyclic) bond motifs is 1. The Morgan fingerprint density at radius 3 is 2.51 bits per heavy atom. The second-order valence-electron chi connectivity index (χ2n) is 11.6. The molecular weight excluding hydrogens is 584 g/mol. The molecule has 0 unspecified atom stereocenters. The number of benzene rings is 2. The summed E-state index contributed by atoms with van der Waals surface area (Å²) in [5.41, 5.74) is 6.29. The number of rotatable bonds is 13. The molecule has 43 heavy (non-hydrogen) atoms. The van der Waals surface area contributed by atoms with Gasteiger partial charge in [-0.15, -0.1) is 0 Å². The van der Waals surface area contributed by atoms with Crippen LogP contribution in [-0.4, -0.2) is 75.3 Å². The van der Waals surface area contributed by atoms with Gasteiger partial charge >= 0.3 is 6.09 Å². The summed E-state index contributed by atoms with van der Waals surface area (Å²) >= 11 is 0. The Balaban J connectivity index is 1.46. The molecule has 0 aliphatic carbocycles. The number of hydrogen-bond acceptors (Lipinski definition) is 8. The number of carbonyl (C=O) groups excluding carboxylic acids is 1. The molecule has 0 bridgehead atoms. The molecule has 2 aliphatic heterocycles. The van der Waals surface area contributed by atoms with E-state index < -0.39 is 46.4 Å². The molecule has 0 radical (unpaired) electrons. The summed E-state index contributed by atoms with van der Waals surface area (Å²) < 4.78 is 72.9. The number of aliphatic hydroxyl groups excluding tert-OH is 1. The largest absolute Gasteiger partial charge is 0.450 e. The number of halogens is 2. The molecule has 2 aromatic carbocycles. The van der Waals surface area contributed by atoms with Crippen molar-refractivity contribution in [2.45, 2.75) is 62.9 Å². The fraction of sp³-hybridized carbons (Fsp3) is 0.567. The number of sulfonamides is 1. The van der Waals surface area contributed by atoms with E-state index in [0.717, 1.165) is 35.3 Å². The first-order valence-corrected chi connectivity index (χ1v) is 16.0. The number of amides is 1. The molecule has 5 atom stereocenters. The molecule has 2 saturated heterocycles. The molecule has 1 amide bonds. The first-order chi connectivity index (χ1) is 20.4. The zero-order valence-corrected chi connectivity index (χ0v) is 25.3. The zero-order valence-electron chi connectivity index (χ0n) is 24.5. The minimum atomic E-state index is -4.06. The number of nitrogens with zero attached hydrogens (tertiary/aromatic N) is 1. The summed E-state index contributed by atoms with van der Waals surface area (Å²) in [6.45, 7) is 4.62. The van der Waals surface area contributed by atoms with Crippen molar-refractivity contribution in [1.29, 1.82) is 0 Å². The summed E-state index contributed by atoms with van der Waals surface area (Å²) in [5, 5.41) is 13.9. The SMILES string of the molecule is CC(C)CN(C[C@@H](O)[C@H](Cc1cc(F)cc(F)c1)NC(=O)OCC[C@@H]1CO[C@@H]2OCCC[C@H]12)S(=O)(=O)c1ccc(N)cc1. The molecule has 13 heteroatoms. The maximum atomic E-state index is 14.0. The van der Waals surface area contributed by atoms with E-state index in [1.54, 1.807) is 0 Å². The maximum absolute atomic E-state index is 14.0. The van der Waals surface area contributed by atoms with Gasteiger partial charge < -0.3 is 30.4 Å². The number of carbonyl (C=O) groups is 1. The molecule has 4 rings (SSSR count). The van der Waals surface area contributed by atoms with Crippen LogP contribution in [0.3, 0.4) is 0 Å². The highest BCUT2D eigenvalue weighted by molar-refractivity contribution is 7.89. The highest BCUT2D eigenvalue weighted by atomic mass is 32.2. The van der Waals surface area contributed by atoms with Gasteiger partial charge in [-0.3, -0.25) is 0 Å². The van der Waals surface area contributed by atoms with Crippen LogP contribution in [0.2, 0.25) is 0 Å². The Labute approximate surface area is 251 Å². The number of hydrogen-bond donors (Lipinski definition) is 3. The minimum absolute atomic E-state index is 0.00725. The monoisotopic (exact) mass is 625 g/mol. The predicted molar refractivity (Wildman–Crippen MR) is 155 cm³/mol. The van der Waals surface area contributed by atoms with E-state index in [1.807, 2.05) is 13.8 Å². The summed E-state index contributed by atoms with van der Waals surface area (Å²) in [6.07, 6.45) is -0.214. The summed E-state index contributed by atoms with van der Waals surface area (Å²) in [4.78, 5) is 12.9. The zero-order chi connectivity index (χ0) is 31.1. The standard InChI is InChI=1S/C30H41F2N3O7S/c1-19(2)16-35(43(38,39)25-7-5-24(33)6-8-25)17-28(36)27(14-20-12-22(31)15-23(32)13-20)34-30(37)41-11-9-21-18-42-29-26(21)4-3-10-40-29/h5-8,12-13,15,19,21,26-29,36H,3-4,9-11,14,16-18,33H2,1-2H3,(H,34,37)/t21-,26-,27+,28-,29+/m1/s1. The van der Waals surface area contributed by atoms with Crippen molar-refractivity contribution in [3.05, 3.63) is 59.7 Å². The first kappa shape index (κ1) is 33.1. The van der Waals surface area contributed by atoms with Crippen LogP contribution in [0.5, 0.6) is 0 Å². The molecule has 0 spiro atoms. The van der Waals surface area contributed by atoms with Gasteiger partial charge in [-0.05, 0) is 79.5 Å². The lowest BCUT2D eigenvalue weighted by Gasteiger charge is -2.30. The average molecular weight is 626 g/mol. The first-order valence-electron chi connectivity index (χ1n) is 14.6. The van der Waals surface area contributed by atoms with Gasteiger partial charge in [-0.2, -0.15) is 4.31 Å². The van der Waals surface area contributed by atoms with E-state index >= 15 is 0 Å². The second kappa shape index (κ2) is 14.8.